The number of rotatable bonds is 9. The number of hydrogen-bond acceptors (Lipinski definition) is 2. The molecular formula is C30H33FN2O2. The van der Waals surface area contributed by atoms with Crippen LogP contribution in [0.25, 0.3) is 0 Å². The first-order valence-electron chi connectivity index (χ1n) is 12.5. The van der Waals surface area contributed by atoms with E-state index in [4.69, 9.17) is 0 Å². The van der Waals surface area contributed by atoms with E-state index in [9.17, 15) is 14.0 Å². The van der Waals surface area contributed by atoms with Crippen molar-refractivity contribution in [3.8, 4) is 0 Å². The van der Waals surface area contributed by atoms with E-state index in [1.807, 2.05) is 60.7 Å². The van der Waals surface area contributed by atoms with Crippen molar-refractivity contribution in [1.29, 1.82) is 0 Å². The summed E-state index contributed by atoms with van der Waals surface area (Å²) in [5.41, 5.74) is 2.22. The maximum Gasteiger partial charge on any atom is 0.243 e. The Bertz CT molecular complexity index is 1100. The van der Waals surface area contributed by atoms with Crippen LogP contribution >= 0.6 is 0 Å². The van der Waals surface area contributed by atoms with Gasteiger partial charge in [-0.15, -0.1) is 0 Å². The molecule has 3 aromatic carbocycles. The van der Waals surface area contributed by atoms with Crippen molar-refractivity contribution in [2.24, 2.45) is 0 Å². The van der Waals surface area contributed by atoms with Gasteiger partial charge in [-0.25, -0.2) is 4.39 Å². The van der Waals surface area contributed by atoms with Crippen LogP contribution in [0, 0.1) is 5.82 Å². The number of benzene rings is 3. The molecule has 1 atom stereocenters. The molecule has 3 aromatic rings. The topological polar surface area (TPSA) is 49.4 Å². The Kier molecular flexibility index (Phi) is 8.66. The van der Waals surface area contributed by atoms with Gasteiger partial charge in [-0.2, -0.15) is 0 Å². The second-order valence-corrected chi connectivity index (χ2v) is 9.32. The number of nitrogens with zero attached hydrogens (tertiary/aromatic N) is 1. The van der Waals surface area contributed by atoms with Crippen LogP contribution in [0.3, 0.4) is 0 Å². The largest absolute Gasteiger partial charge is 0.352 e. The van der Waals surface area contributed by atoms with Crippen LogP contribution in [0.5, 0.6) is 0 Å². The van der Waals surface area contributed by atoms with Gasteiger partial charge >= 0.3 is 0 Å². The first-order valence-corrected chi connectivity index (χ1v) is 12.5. The van der Waals surface area contributed by atoms with Crippen LogP contribution in [-0.2, 0) is 29.0 Å². The van der Waals surface area contributed by atoms with Gasteiger partial charge in [0.05, 0.1) is 6.42 Å². The maximum atomic E-state index is 14.7. The monoisotopic (exact) mass is 472 g/mol. The molecule has 0 heterocycles. The Balaban J connectivity index is 1.65. The maximum absolute atomic E-state index is 14.7. The Morgan fingerprint density at radius 2 is 1.43 bits per heavy atom. The molecule has 1 aliphatic rings. The van der Waals surface area contributed by atoms with E-state index in [2.05, 4.69) is 5.32 Å². The van der Waals surface area contributed by atoms with Gasteiger partial charge < -0.3 is 10.2 Å². The summed E-state index contributed by atoms with van der Waals surface area (Å²) in [6.45, 7) is 0.0356. The number of carbonyl (C=O) groups excluding carboxylic acids is 2. The Hall–Kier alpha value is -3.47. The normalized spacial score (nSPS) is 14.8. The van der Waals surface area contributed by atoms with Crippen molar-refractivity contribution in [2.45, 2.75) is 63.6 Å². The molecule has 1 saturated carbocycles. The first kappa shape index (κ1) is 24.6. The summed E-state index contributed by atoms with van der Waals surface area (Å²) in [7, 11) is 0. The van der Waals surface area contributed by atoms with Crippen LogP contribution < -0.4 is 5.32 Å². The third kappa shape index (κ3) is 7.01. The molecule has 0 aromatic heterocycles. The fourth-order valence-electron chi connectivity index (χ4n) is 4.78. The lowest BCUT2D eigenvalue weighted by molar-refractivity contribution is -0.141. The van der Waals surface area contributed by atoms with Gasteiger partial charge in [-0.05, 0) is 30.0 Å². The van der Waals surface area contributed by atoms with Crippen molar-refractivity contribution in [3.05, 3.63) is 107 Å². The third-order valence-corrected chi connectivity index (χ3v) is 6.72. The minimum Gasteiger partial charge on any atom is -0.352 e. The van der Waals surface area contributed by atoms with E-state index in [1.54, 1.807) is 23.1 Å². The predicted octanol–water partition coefficient (Wildman–Crippen LogP) is 5.46. The van der Waals surface area contributed by atoms with Gasteiger partial charge in [0.1, 0.15) is 11.9 Å². The second kappa shape index (κ2) is 12.3. The number of nitrogens with one attached hydrogen (secondary N) is 1. The van der Waals surface area contributed by atoms with E-state index in [1.165, 1.54) is 12.5 Å². The standard InChI is InChI=1S/C30H33FN2O2/c31-27-19-11-10-16-25(27)22-33(29(34)21-24-14-6-2-7-15-24)28(20-23-12-4-1-5-13-23)30(35)32-26-17-8-3-9-18-26/h1-2,4-7,10-16,19,26,28H,3,8-9,17-18,20-22H2,(H,32,35)/t28-/m1/s1. The Labute approximate surface area is 207 Å². The van der Waals surface area contributed by atoms with Gasteiger partial charge in [-0.1, -0.05) is 98.1 Å². The zero-order chi connectivity index (χ0) is 24.5. The second-order valence-electron chi connectivity index (χ2n) is 9.32. The molecule has 2 amide bonds. The van der Waals surface area contributed by atoms with Crippen LogP contribution in [0.1, 0.15) is 48.8 Å². The van der Waals surface area contributed by atoms with Gasteiger partial charge in [0, 0.05) is 24.6 Å². The minimum atomic E-state index is -0.741. The molecule has 4 rings (SSSR count). The number of amides is 2. The van der Waals surface area contributed by atoms with Crippen LogP contribution in [-0.4, -0.2) is 28.8 Å². The lowest BCUT2D eigenvalue weighted by Crippen LogP contribution is -2.53. The Morgan fingerprint density at radius 1 is 0.829 bits per heavy atom. The zero-order valence-corrected chi connectivity index (χ0v) is 20.0. The summed E-state index contributed by atoms with van der Waals surface area (Å²) in [5.74, 6) is -0.742. The van der Waals surface area contributed by atoms with E-state index in [0.717, 1.165) is 36.8 Å². The molecule has 0 bridgehead atoms. The summed E-state index contributed by atoms with van der Waals surface area (Å²) in [6, 6.07) is 25.0. The summed E-state index contributed by atoms with van der Waals surface area (Å²) >= 11 is 0. The van der Waals surface area contributed by atoms with Crippen LogP contribution in [0.2, 0.25) is 0 Å². The summed E-state index contributed by atoms with van der Waals surface area (Å²) in [5, 5.41) is 3.21. The van der Waals surface area contributed by atoms with E-state index in [-0.39, 0.29) is 36.6 Å². The highest BCUT2D eigenvalue weighted by Gasteiger charge is 2.32. The molecule has 0 unspecified atom stereocenters. The van der Waals surface area contributed by atoms with Crippen LogP contribution in [0.15, 0.2) is 84.9 Å². The van der Waals surface area contributed by atoms with Crippen LogP contribution in [0.4, 0.5) is 4.39 Å². The van der Waals surface area contributed by atoms with Gasteiger partial charge in [0.15, 0.2) is 0 Å². The van der Waals surface area contributed by atoms with Gasteiger partial charge in [-0.3, -0.25) is 9.59 Å². The summed E-state index contributed by atoms with van der Waals surface area (Å²) in [6.07, 6.45) is 5.81. The number of hydrogen-bond donors (Lipinski definition) is 1. The van der Waals surface area contributed by atoms with Crippen molar-refractivity contribution < 1.29 is 14.0 Å². The summed E-state index contributed by atoms with van der Waals surface area (Å²) < 4.78 is 14.7. The number of carbonyl (C=O) groups is 2. The van der Waals surface area contributed by atoms with Crippen molar-refractivity contribution in [3.63, 3.8) is 0 Å². The highest BCUT2D eigenvalue weighted by Crippen LogP contribution is 2.21. The van der Waals surface area contributed by atoms with Crippen molar-refractivity contribution >= 4 is 11.8 Å². The smallest absolute Gasteiger partial charge is 0.243 e. The molecule has 1 aliphatic carbocycles. The molecule has 5 heteroatoms. The number of halogens is 1. The van der Waals surface area contributed by atoms with Gasteiger partial charge in [0.25, 0.3) is 0 Å². The molecule has 0 spiro atoms. The highest BCUT2D eigenvalue weighted by atomic mass is 19.1. The molecule has 0 radical (unpaired) electrons. The average Bonchev–Trinajstić information content (AvgIpc) is 2.89. The molecule has 182 valence electrons. The summed E-state index contributed by atoms with van der Waals surface area (Å²) in [4.78, 5) is 28.9. The van der Waals surface area contributed by atoms with Gasteiger partial charge in [0.2, 0.25) is 11.8 Å². The Morgan fingerprint density at radius 3 is 2.09 bits per heavy atom. The molecule has 35 heavy (non-hydrogen) atoms. The van der Waals surface area contributed by atoms with Crippen molar-refractivity contribution in [1.82, 2.24) is 10.2 Å². The van der Waals surface area contributed by atoms with E-state index in [0.29, 0.717) is 12.0 Å². The molecule has 0 aliphatic heterocycles. The lowest BCUT2D eigenvalue weighted by Gasteiger charge is -2.33. The SMILES string of the molecule is O=C(NC1CCCCC1)[C@@H](Cc1ccccc1)N(Cc1ccccc1F)C(=O)Cc1ccccc1. The fraction of sp³-hybridized carbons (Fsp3) is 0.333. The molecule has 1 fully saturated rings. The average molecular weight is 473 g/mol. The third-order valence-electron chi connectivity index (χ3n) is 6.72. The highest BCUT2D eigenvalue weighted by molar-refractivity contribution is 5.89. The molecule has 4 nitrogen and oxygen atoms in total. The first-order chi connectivity index (χ1) is 17.1. The van der Waals surface area contributed by atoms with Crippen molar-refractivity contribution in [2.75, 3.05) is 0 Å². The quantitative estimate of drug-likeness (QED) is 0.450. The minimum absolute atomic E-state index is 0.0356. The zero-order valence-electron chi connectivity index (χ0n) is 20.0. The lowest BCUT2D eigenvalue weighted by atomic mass is 9.94. The predicted molar refractivity (Wildman–Crippen MR) is 136 cm³/mol. The fourth-order valence-corrected chi connectivity index (χ4v) is 4.78. The van der Waals surface area contributed by atoms with E-state index < -0.39 is 6.04 Å². The molecule has 0 saturated heterocycles. The molecule has 1 N–H and O–H groups in total. The van der Waals surface area contributed by atoms with E-state index >= 15 is 0 Å². The molecular weight excluding hydrogens is 439 g/mol.